The van der Waals surface area contributed by atoms with E-state index < -0.39 is 0 Å². The zero-order valence-electron chi connectivity index (χ0n) is 13.0. The van der Waals surface area contributed by atoms with Gasteiger partial charge in [0.25, 0.3) is 0 Å². The topological polar surface area (TPSA) is 23.6 Å². The first-order chi connectivity index (χ1) is 10.0. The first-order valence-electron chi connectivity index (χ1n) is 7.79. The summed E-state index contributed by atoms with van der Waals surface area (Å²) >= 11 is 0. The molecule has 4 heteroatoms. The Bertz CT molecular complexity index is 468. The summed E-state index contributed by atoms with van der Waals surface area (Å²) in [5, 5.41) is 0. The average Bonchev–Trinajstić information content (AvgIpc) is 2.45. The zero-order chi connectivity index (χ0) is 15.2. The van der Waals surface area contributed by atoms with Crippen LogP contribution in [0.25, 0.3) is 0 Å². The molecule has 0 bridgehead atoms. The minimum atomic E-state index is -0.279. The van der Waals surface area contributed by atoms with Crippen molar-refractivity contribution in [2.24, 2.45) is 5.92 Å². The number of benzene rings is 1. The molecule has 116 valence electrons. The van der Waals surface area contributed by atoms with E-state index in [1.807, 2.05) is 4.90 Å². The average molecular weight is 292 g/mol. The fourth-order valence-corrected chi connectivity index (χ4v) is 2.60. The van der Waals surface area contributed by atoms with Crippen LogP contribution >= 0.6 is 0 Å². The van der Waals surface area contributed by atoms with Gasteiger partial charge in [-0.1, -0.05) is 26.0 Å². The molecule has 1 aliphatic rings. The van der Waals surface area contributed by atoms with Gasteiger partial charge in [-0.3, -0.25) is 9.69 Å². The molecule has 1 saturated heterocycles. The van der Waals surface area contributed by atoms with Gasteiger partial charge in [0.15, 0.2) is 0 Å². The Kier molecular flexibility index (Phi) is 5.74. The van der Waals surface area contributed by atoms with Gasteiger partial charge in [0.2, 0.25) is 5.91 Å². The minimum Gasteiger partial charge on any atom is -0.340 e. The van der Waals surface area contributed by atoms with E-state index >= 15 is 0 Å². The van der Waals surface area contributed by atoms with E-state index in [0.29, 0.717) is 6.42 Å². The molecule has 0 atom stereocenters. The first-order valence-corrected chi connectivity index (χ1v) is 7.79. The number of amides is 1. The lowest BCUT2D eigenvalue weighted by molar-refractivity contribution is -0.132. The minimum absolute atomic E-state index is 0.101. The maximum absolute atomic E-state index is 13.1. The third kappa shape index (κ3) is 5.12. The van der Waals surface area contributed by atoms with E-state index in [2.05, 4.69) is 18.7 Å². The largest absolute Gasteiger partial charge is 0.340 e. The van der Waals surface area contributed by atoms with Crippen molar-refractivity contribution in [2.75, 3.05) is 32.7 Å². The Balaban J connectivity index is 1.78. The normalized spacial score (nSPS) is 16.5. The van der Waals surface area contributed by atoms with Crippen molar-refractivity contribution in [3.05, 3.63) is 35.6 Å². The van der Waals surface area contributed by atoms with Gasteiger partial charge in [-0.2, -0.15) is 0 Å². The zero-order valence-corrected chi connectivity index (χ0v) is 13.0. The molecule has 1 aromatic rings. The Labute approximate surface area is 126 Å². The molecule has 0 N–H and O–H groups in total. The van der Waals surface area contributed by atoms with Crippen LogP contribution < -0.4 is 0 Å². The molecule has 2 rings (SSSR count). The van der Waals surface area contributed by atoms with Crippen LogP contribution in [0.5, 0.6) is 0 Å². The lowest BCUT2D eigenvalue weighted by atomic mass is 10.1. The van der Waals surface area contributed by atoms with E-state index in [1.165, 1.54) is 18.6 Å². The number of hydrogen-bond donors (Lipinski definition) is 0. The second-order valence-electron chi connectivity index (χ2n) is 6.21. The van der Waals surface area contributed by atoms with Crippen molar-refractivity contribution >= 4 is 5.91 Å². The fourth-order valence-electron chi connectivity index (χ4n) is 2.60. The third-order valence-corrected chi connectivity index (χ3v) is 3.99. The quantitative estimate of drug-likeness (QED) is 0.833. The lowest BCUT2D eigenvalue weighted by Crippen LogP contribution is -2.49. The van der Waals surface area contributed by atoms with Gasteiger partial charge in [-0.25, -0.2) is 4.39 Å². The number of hydrogen-bond acceptors (Lipinski definition) is 2. The van der Waals surface area contributed by atoms with Gasteiger partial charge < -0.3 is 4.90 Å². The van der Waals surface area contributed by atoms with Crippen LogP contribution in [-0.4, -0.2) is 48.4 Å². The molecule has 0 unspecified atom stereocenters. The molecule has 1 heterocycles. The van der Waals surface area contributed by atoms with Gasteiger partial charge in [0.05, 0.1) is 6.42 Å². The number of halogens is 1. The summed E-state index contributed by atoms with van der Waals surface area (Å²) < 4.78 is 13.1. The number of piperazine rings is 1. The summed E-state index contributed by atoms with van der Waals surface area (Å²) in [6.45, 7) is 9.04. The SMILES string of the molecule is CC(C)CCN1CCN(C(=O)Cc2cccc(F)c2)CC1. The van der Waals surface area contributed by atoms with E-state index in [4.69, 9.17) is 0 Å². The number of rotatable bonds is 5. The summed E-state index contributed by atoms with van der Waals surface area (Å²) in [5.74, 6) is 0.542. The molecule has 0 radical (unpaired) electrons. The first kappa shape index (κ1) is 16.0. The predicted octanol–water partition coefficient (Wildman–Crippen LogP) is 2.56. The molecule has 0 spiro atoms. The highest BCUT2D eigenvalue weighted by atomic mass is 19.1. The number of carbonyl (C=O) groups is 1. The second kappa shape index (κ2) is 7.55. The van der Waals surface area contributed by atoms with Crippen LogP contribution in [0.3, 0.4) is 0 Å². The summed E-state index contributed by atoms with van der Waals surface area (Å²) in [7, 11) is 0. The smallest absolute Gasteiger partial charge is 0.227 e. The molecule has 1 fully saturated rings. The predicted molar refractivity (Wildman–Crippen MR) is 82.6 cm³/mol. The van der Waals surface area contributed by atoms with Gasteiger partial charge >= 0.3 is 0 Å². The highest BCUT2D eigenvalue weighted by Crippen LogP contribution is 2.10. The van der Waals surface area contributed by atoms with Crippen LogP contribution in [0.15, 0.2) is 24.3 Å². The molecule has 1 amide bonds. The molecule has 3 nitrogen and oxygen atoms in total. The second-order valence-corrected chi connectivity index (χ2v) is 6.21. The summed E-state index contributed by atoms with van der Waals surface area (Å²) in [5.41, 5.74) is 0.752. The van der Waals surface area contributed by atoms with Gasteiger partial charge in [-0.05, 0) is 36.6 Å². The van der Waals surface area contributed by atoms with Crippen LogP contribution in [0.1, 0.15) is 25.8 Å². The lowest BCUT2D eigenvalue weighted by Gasteiger charge is -2.35. The van der Waals surface area contributed by atoms with E-state index in [-0.39, 0.29) is 11.7 Å². The summed E-state index contributed by atoms with van der Waals surface area (Å²) in [6, 6.07) is 6.31. The standard InChI is InChI=1S/C17H25FN2O/c1-14(2)6-7-19-8-10-20(11-9-19)17(21)13-15-4-3-5-16(18)12-15/h3-5,12,14H,6-11,13H2,1-2H3. The molecular weight excluding hydrogens is 267 g/mol. The molecule has 1 aliphatic heterocycles. The highest BCUT2D eigenvalue weighted by molar-refractivity contribution is 5.78. The highest BCUT2D eigenvalue weighted by Gasteiger charge is 2.21. The molecular formula is C17H25FN2O. The van der Waals surface area contributed by atoms with Crippen LogP contribution in [0, 0.1) is 11.7 Å². The fraction of sp³-hybridized carbons (Fsp3) is 0.588. The Morgan fingerprint density at radius 3 is 2.57 bits per heavy atom. The van der Waals surface area contributed by atoms with E-state index in [9.17, 15) is 9.18 Å². The molecule has 1 aromatic carbocycles. The van der Waals surface area contributed by atoms with Gasteiger partial charge in [-0.15, -0.1) is 0 Å². The molecule has 0 saturated carbocycles. The Hall–Kier alpha value is -1.42. The van der Waals surface area contributed by atoms with Crippen molar-refractivity contribution < 1.29 is 9.18 Å². The van der Waals surface area contributed by atoms with Crippen LogP contribution in [-0.2, 0) is 11.2 Å². The Morgan fingerprint density at radius 1 is 1.24 bits per heavy atom. The number of carbonyl (C=O) groups excluding carboxylic acids is 1. The van der Waals surface area contributed by atoms with Crippen molar-refractivity contribution in [1.29, 1.82) is 0 Å². The van der Waals surface area contributed by atoms with E-state index in [0.717, 1.165) is 44.2 Å². The monoisotopic (exact) mass is 292 g/mol. The summed E-state index contributed by atoms with van der Waals surface area (Å²) in [4.78, 5) is 16.6. The van der Waals surface area contributed by atoms with Crippen molar-refractivity contribution in [3.63, 3.8) is 0 Å². The van der Waals surface area contributed by atoms with Crippen LogP contribution in [0.4, 0.5) is 4.39 Å². The number of nitrogens with zero attached hydrogens (tertiary/aromatic N) is 2. The van der Waals surface area contributed by atoms with Crippen molar-refractivity contribution in [2.45, 2.75) is 26.7 Å². The maximum atomic E-state index is 13.1. The Morgan fingerprint density at radius 2 is 1.95 bits per heavy atom. The molecule has 0 aromatic heterocycles. The molecule has 0 aliphatic carbocycles. The summed E-state index contributed by atoms with van der Waals surface area (Å²) in [6.07, 6.45) is 1.50. The third-order valence-electron chi connectivity index (χ3n) is 3.99. The molecule has 21 heavy (non-hydrogen) atoms. The van der Waals surface area contributed by atoms with Crippen LogP contribution in [0.2, 0.25) is 0 Å². The van der Waals surface area contributed by atoms with Gasteiger partial charge in [0.1, 0.15) is 5.82 Å². The van der Waals surface area contributed by atoms with E-state index in [1.54, 1.807) is 12.1 Å². The maximum Gasteiger partial charge on any atom is 0.227 e. The van der Waals surface area contributed by atoms with Crippen molar-refractivity contribution in [1.82, 2.24) is 9.80 Å². The van der Waals surface area contributed by atoms with Gasteiger partial charge in [0, 0.05) is 26.2 Å². The van der Waals surface area contributed by atoms with Crippen molar-refractivity contribution in [3.8, 4) is 0 Å².